The van der Waals surface area contributed by atoms with Crippen molar-refractivity contribution in [3.63, 3.8) is 0 Å². The van der Waals surface area contributed by atoms with Crippen LogP contribution < -0.4 is 4.90 Å². The van der Waals surface area contributed by atoms with Gasteiger partial charge in [-0.2, -0.15) is 0 Å². The van der Waals surface area contributed by atoms with Crippen molar-refractivity contribution in [1.29, 1.82) is 0 Å². The Hall–Kier alpha value is -7.10. The minimum atomic E-state index is 0.224. The number of allylic oxidation sites excluding steroid dienone is 1. The van der Waals surface area contributed by atoms with E-state index in [4.69, 9.17) is 8.83 Å². The van der Waals surface area contributed by atoms with Crippen LogP contribution in [0.15, 0.2) is 197 Å². The second-order valence-corrected chi connectivity index (χ2v) is 14.4. The molecular weight excluding hydrogens is 671 g/mol. The molecule has 11 rings (SSSR count). The SMILES string of the molecule is C1=CC(c2ccc(N(c3ccccc3-c3ccccc3)c3ccccc3-c3cccc4c3oc3cc5ccccc5cc34)cc2)Cc2oc3ccccc3c21. The van der Waals surface area contributed by atoms with Crippen LogP contribution in [0.3, 0.4) is 0 Å². The van der Waals surface area contributed by atoms with E-state index in [2.05, 4.69) is 193 Å². The number of nitrogens with zero attached hydrogens (tertiary/aromatic N) is 1. The van der Waals surface area contributed by atoms with E-state index in [0.717, 1.165) is 79.0 Å². The summed E-state index contributed by atoms with van der Waals surface area (Å²) in [5.41, 5.74) is 12.9. The first-order valence-electron chi connectivity index (χ1n) is 18.9. The Morgan fingerprint density at radius 2 is 1.13 bits per heavy atom. The molecule has 0 fully saturated rings. The first-order chi connectivity index (χ1) is 27.3. The van der Waals surface area contributed by atoms with Gasteiger partial charge in [0.15, 0.2) is 0 Å². The molecule has 3 nitrogen and oxygen atoms in total. The molecule has 0 aliphatic heterocycles. The topological polar surface area (TPSA) is 29.5 Å². The molecule has 10 aromatic rings. The van der Waals surface area contributed by atoms with E-state index in [0.29, 0.717) is 0 Å². The number of para-hydroxylation sites is 4. The van der Waals surface area contributed by atoms with E-state index < -0.39 is 0 Å². The van der Waals surface area contributed by atoms with Crippen LogP contribution >= 0.6 is 0 Å². The molecule has 1 atom stereocenters. The van der Waals surface area contributed by atoms with Crippen LogP contribution in [0.4, 0.5) is 17.1 Å². The number of benzene rings is 8. The van der Waals surface area contributed by atoms with Gasteiger partial charge in [-0.15, -0.1) is 0 Å². The Morgan fingerprint density at radius 3 is 1.96 bits per heavy atom. The summed E-state index contributed by atoms with van der Waals surface area (Å²) in [4.78, 5) is 2.41. The fourth-order valence-electron chi connectivity index (χ4n) is 8.56. The van der Waals surface area contributed by atoms with Gasteiger partial charge in [0.05, 0.1) is 11.4 Å². The van der Waals surface area contributed by atoms with Crippen molar-refractivity contribution >= 4 is 66.8 Å². The molecule has 8 aromatic carbocycles. The minimum absolute atomic E-state index is 0.224. The zero-order valence-corrected chi connectivity index (χ0v) is 30.0. The van der Waals surface area contributed by atoms with Gasteiger partial charge in [0.25, 0.3) is 0 Å². The van der Waals surface area contributed by atoms with Crippen LogP contribution in [-0.4, -0.2) is 0 Å². The fourth-order valence-corrected chi connectivity index (χ4v) is 8.56. The molecule has 0 saturated heterocycles. The summed E-state index contributed by atoms with van der Waals surface area (Å²) in [6.45, 7) is 0. The van der Waals surface area contributed by atoms with Crippen LogP contribution in [0.1, 0.15) is 22.8 Å². The highest BCUT2D eigenvalue weighted by molar-refractivity contribution is 6.14. The maximum atomic E-state index is 6.78. The molecular formula is C52H35NO2. The maximum Gasteiger partial charge on any atom is 0.143 e. The Bertz CT molecular complexity index is 3080. The fraction of sp³-hybridized carbons (Fsp3) is 0.0385. The molecule has 0 saturated carbocycles. The normalized spacial score (nSPS) is 13.9. The van der Waals surface area contributed by atoms with Crippen molar-refractivity contribution in [1.82, 2.24) is 0 Å². The van der Waals surface area contributed by atoms with Gasteiger partial charge in [0.2, 0.25) is 0 Å². The van der Waals surface area contributed by atoms with E-state index >= 15 is 0 Å². The Morgan fingerprint density at radius 1 is 0.473 bits per heavy atom. The molecule has 1 aliphatic rings. The van der Waals surface area contributed by atoms with Crippen LogP contribution in [0.5, 0.6) is 0 Å². The average molecular weight is 706 g/mol. The Kier molecular flexibility index (Phi) is 7.31. The van der Waals surface area contributed by atoms with Gasteiger partial charge in [0.1, 0.15) is 22.5 Å². The van der Waals surface area contributed by atoms with Crippen LogP contribution in [0.25, 0.3) is 72.0 Å². The van der Waals surface area contributed by atoms with Crippen molar-refractivity contribution in [3.8, 4) is 22.3 Å². The minimum Gasteiger partial charge on any atom is -0.460 e. The van der Waals surface area contributed by atoms with E-state index in [9.17, 15) is 0 Å². The summed E-state index contributed by atoms with van der Waals surface area (Å²) in [5.74, 6) is 1.28. The second-order valence-electron chi connectivity index (χ2n) is 14.4. The highest BCUT2D eigenvalue weighted by atomic mass is 16.3. The van der Waals surface area contributed by atoms with Crippen molar-refractivity contribution in [2.24, 2.45) is 0 Å². The van der Waals surface area contributed by atoms with Gasteiger partial charge in [-0.1, -0.05) is 152 Å². The summed E-state index contributed by atoms with van der Waals surface area (Å²) in [6, 6.07) is 64.9. The molecule has 260 valence electrons. The number of anilines is 3. The number of fused-ring (bicyclic) bond motifs is 7. The standard InChI is InChI=1S/C52H35NO2/c1-2-13-35(14-3-1)40-17-6-9-22-47(40)53(39-28-25-34(26-29-39)38-27-30-43-42-19-8-11-24-49(42)54-50(43)33-38)48-23-10-7-18-41(48)44-20-12-21-45-46-31-36-15-4-5-16-37(36)32-51(46)55-52(44)45/h1-32,38H,33H2. The molecule has 0 bridgehead atoms. The lowest BCUT2D eigenvalue weighted by atomic mass is 9.88. The molecule has 2 heterocycles. The molecule has 0 amide bonds. The van der Waals surface area contributed by atoms with E-state index in [-0.39, 0.29) is 5.92 Å². The van der Waals surface area contributed by atoms with E-state index in [1.54, 1.807) is 0 Å². The third kappa shape index (κ3) is 5.27. The number of hydrogen-bond acceptors (Lipinski definition) is 3. The van der Waals surface area contributed by atoms with Gasteiger partial charge in [-0.05, 0) is 64.4 Å². The van der Waals surface area contributed by atoms with Gasteiger partial charge >= 0.3 is 0 Å². The molecule has 1 aliphatic carbocycles. The van der Waals surface area contributed by atoms with Crippen molar-refractivity contribution in [2.45, 2.75) is 12.3 Å². The summed E-state index contributed by atoms with van der Waals surface area (Å²) in [5, 5.41) is 5.80. The lowest BCUT2D eigenvalue weighted by Gasteiger charge is -2.30. The molecule has 0 N–H and O–H groups in total. The van der Waals surface area contributed by atoms with Crippen LogP contribution in [-0.2, 0) is 6.42 Å². The Labute approximate surface area is 319 Å². The molecule has 0 spiro atoms. The first kappa shape index (κ1) is 31.4. The lowest BCUT2D eigenvalue weighted by molar-refractivity contribution is 0.532. The predicted octanol–water partition coefficient (Wildman–Crippen LogP) is 14.6. The van der Waals surface area contributed by atoms with Crippen LogP contribution in [0.2, 0.25) is 0 Å². The number of hydrogen-bond donors (Lipinski definition) is 0. The first-order valence-corrected chi connectivity index (χ1v) is 18.9. The van der Waals surface area contributed by atoms with Crippen LogP contribution in [0, 0.1) is 0 Å². The highest BCUT2D eigenvalue weighted by Gasteiger charge is 2.25. The summed E-state index contributed by atoms with van der Waals surface area (Å²) >= 11 is 0. The van der Waals surface area contributed by atoms with Crippen molar-refractivity contribution in [3.05, 3.63) is 205 Å². The number of rotatable bonds is 6. The maximum absolute atomic E-state index is 6.78. The summed E-state index contributed by atoms with van der Waals surface area (Å²) in [7, 11) is 0. The second kappa shape index (κ2) is 12.8. The molecule has 2 aromatic heterocycles. The van der Waals surface area contributed by atoms with Crippen molar-refractivity contribution < 1.29 is 8.83 Å². The monoisotopic (exact) mass is 705 g/mol. The molecule has 3 heteroatoms. The van der Waals surface area contributed by atoms with Gasteiger partial charge in [-0.25, -0.2) is 0 Å². The third-order valence-corrected chi connectivity index (χ3v) is 11.2. The van der Waals surface area contributed by atoms with Crippen molar-refractivity contribution in [2.75, 3.05) is 4.90 Å². The summed E-state index contributed by atoms with van der Waals surface area (Å²) in [6.07, 6.45) is 5.40. The lowest BCUT2D eigenvalue weighted by Crippen LogP contribution is -2.13. The molecule has 55 heavy (non-hydrogen) atoms. The average Bonchev–Trinajstić information content (AvgIpc) is 3.81. The zero-order chi connectivity index (χ0) is 36.3. The largest absolute Gasteiger partial charge is 0.460 e. The van der Waals surface area contributed by atoms with E-state index in [1.165, 1.54) is 27.3 Å². The third-order valence-electron chi connectivity index (χ3n) is 11.2. The smallest absolute Gasteiger partial charge is 0.143 e. The molecule has 1 unspecified atom stereocenters. The Balaban J connectivity index is 1.06. The number of furan rings is 2. The predicted molar refractivity (Wildman–Crippen MR) is 228 cm³/mol. The van der Waals surface area contributed by atoms with Gasteiger partial charge in [-0.3, -0.25) is 0 Å². The van der Waals surface area contributed by atoms with Gasteiger partial charge in [0, 0.05) is 56.4 Å². The summed E-state index contributed by atoms with van der Waals surface area (Å²) < 4.78 is 13.1. The zero-order valence-electron chi connectivity index (χ0n) is 30.0. The highest BCUT2D eigenvalue weighted by Crippen LogP contribution is 2.47. The van der Waals surface area contributed by atoms with E-state index in [1.807, 2.05) is 6.07 Å². The molecule has 0 radical (unpaired) electrons. The quantitative estimate of drug-likeness (QED) is 0.172. The van der Waals surface area contributed by atoms with Gasteiger partial charge < -0.3 is 13.7 Å².